The molecule has 0 spiro atoms. The van der Waals surface area contributed by atoms with Crippen LogP contribution in [-0.2, 0) is 6.54 Å². The number of hydrogen-bond acceptors (Lipinski definition) is 2. The van der Waals surface area contributed by atoms with Gasteiger partial charge in [-0.2, -0.15) is 0 Å². The van der Waals surface area contributed by atoms with Crippen molar-refractivity contribution >= 4 is 15.9 Å². The van der Waals surface area contributed by atoms with Gasteiger partial charge in [0.1, 0.15) is 5.75 Å². The molecule has 2 rings (SSSR count). The number of methoxy groups -OCH3 is 1. The number of nitrogens with one attached hydrogen (secondary N) is 1. The van der Waals surface area contributed by atoms with Crippen molar-refractivity contribution < 1.29 is 4.74 Å². The third-order valence-corrected chi connectivity index (χ3v) is 3.94. The van der Waals surface area contributed by atoms with Crippen LogP contribution in [0.25, 0.3) is 0 Å². The number of benzene rings is 2. The van der Waals surface area contributed by atoms with Crippen molar-refractivity contribution in [3.63, 3.8) is 0 Å². The molecular weight excluding hydrogens is 302 g/mol. The third-order valence-electron chi connectivity index (χ3n) is 3.16. The maximum absolute atomic E-state index is 5.39. The fourth-order valence-electron chi connectivity index (χ4n) is 2.04. The highest BCUT2D eigenvalue weighted by Gasteiger charge is 2.10. The standard InChI is InChI=1S/C16H18BrNO/c1-12(14-8-4-6-10-16(14)19-2)18-11-13-7-3-5-9-15(13)17/h3-10,12,18H,11H2,1-2H3. The van der Waals surface area contributed by atoms with Gasteiger partial charge in [0.25, 0.3) is 0 Å². The second-order valence-corrected chi connectivity index (χ2v) is 5.29. The Labute approximate surface area is 122 Å². The molecule has 0 radical (unpaired) electrons. The lowest BCUT2D eigenvalue weighted by atomic mass is 10.1. The topological polar surface area (TPSA) is 21.3 Å². The first kappa shape index (κ1) is 14.1. The Morgan fingerprint density at radius 2 is 1.79 bits per heavy atom. The summed E-state index contributed by atoms with van der Waals surface area (Å²) in [6.07, 6.45) is 0. The van der Waals surface area contributed by atoms with Gasteiger partial charge in [-0.3, -0.25) is 0 Å². The summed E-state index contributed by atoms with van der Waals surface area (Å²) in [6, 6.07) is 16.6. The molecule has 0 heterocycles. The average Bonchev–Trinajstić information content (AvgIpc) is 2.46. The fraction of sp³-hybridized carbons (Fsp3) is 0.250. The van der Waals surface area contributed by atoms with E-state index < -0.39 is 0 Å². The predicted octanol–water partition coefficient (Wildman–Crippen LogP) is 4.31. The van der Waals surface area contributed by atoms with E-state index in [4.69, 9.17) is 4.74 Å². The molecule has 2 aromatic carbocycles. The van der Waals surface area contributed by atoms with Crippen molar-refractivity contribution in [3.8, 4) is 5.75 Å². The summed E-state index contributed by atoms with van der Waals surface area (Å²) in [4.78, 5) is 0. The van der Waals surface area contributed by atoms with Gasteiger partial charge in [0.15, 0.2) is 0 Å². The number of ether oxygens (including phenoxy) is 1. The molecule has 2 aromatic rings. The monoisotopic (exact) mass is 319 g/mol. The first-order chi connectivity index (χ1) is 9.22. The normalized spacial score (nSPS) is 12.2. The van der Waals surface area contributed by atoms with Crippen LogP contribution >= 0.6 is 15.9 Å². The molecule has 0 aliphatic carbocycles. The lowest BCUT2D eigenvalue weighted by Gasteiger charge is -2.17. The van der Waals surface area contributed by atoms with Crippen molar-refractivity contribution in [1.82, 2.24) is 5.32 Å². The van der Waals surface area contributed by atoms with Crippen molar-refractivity contribution in [1.29, 1.82) is 0 Å². The second-order valence-electron chi connectivity index (χ2n) is 4.44. The van der Waals surface area contributed by atoms with Gasteiger partial charge < -0.3 is 10.1 Å². The molecule has 1 N–H and O–H groups in total. The van der Waals surface area contributed by atoms with Crippen LogP contribution in [0.1, 0.15) is 24.1 Å². The van der Waals surface area contributed by atoms with Crippen molar-refractivity contribution in [2.75, 3.05) is 7.11 Å². The Kier molecular flexibility index (Phi) is 5.00. The lowest BCUT2D eigenvalue weighted by molar-refractivity contribution is 0.401. The Balaban J connectivity index is 2.05. The summed E-state index contributed by atoms with van der Waals surface area (Å²) in [7, 11) is 1.71. The van der Waals surface area contributed by atoms with Crippen molar-refractivity contribution in [3.05, 3.63) is 64.1 Å². The van der Waals surface area contributed by atoms with E-state index >= 15 is 0 Å². The van der Waals surface area contributed by atoms with Crippen LogP contribution in [0.5, 0.6) is 5.75 Å². The molecule has 3 heteroatoms. The van der Waals surface area contributed by atoms with Gasteiger partial charge in [-0.05, 0) is 24.6 Å². The van der Waals surface area contributed by atoms with E-state index in [0.29, 0.717) is 0 Å². The minimum atomic E-state index is 0.239. The molecule has 1 atom stereocenters. The molecule has 0 fully saturated rings. The van der Waals surface area contributed by atoms with E-state index in [9.17, 15) is 0 Å². The molecule has 19 heavy (non-hydrogen) atoms. The largest absolute Gasteiger partial charge is 0.496 e. The Morgan fingerprint density at radius 3 is 2.53 bits per heavy atom. The van der Waals surface area contributed by atoms with Gasteiger partial charge in [-0.15, -0.1) is 0 Å². The van der Waals surface area contributed by atoms with E-state index in [2.05, 4.69) is 52.4 Å². The van der Waals surface area contributed by atoms with Gasteiger partial charge >= 0.3 is 0 Å². The van der Waals surface area contributed by atoms with Crippen molar-refractivity contribution in [2.45, 2.75) is 19.5 Å². The van der Waals surface area contributed by atoms with E-state index in [1.807, 2.05) is 24.3 Å². The maximum atomic E-state index is 5.39. The van der Waals surface area contributed by atoms with E-state index in [0.717, 1.165) is 16.8 Å². The molecule has 0 aliphatic heterocycles. The quantitative estimate of drug-likeness (QED) is 0.886. The zero-order chi connectivity index (χ0) is 13.7. The predicted molar refractivity (Wildman–Crippen MR) is 82.4 cm³/mol. The fourth-order valence-corrected chi connectivity index (χ4v) is 2.46. The van der Waals surface area contributed by atoms with Crippen LogP contribution in [0, 0.1) is 0 Å². The highest BCUT2D eigenvalue weighted by atomic mass is 79.9. The van der Waals surface area contributed by atoms with Gasteiger partial charge in [0.2, 0.25) is 0 Å². The minimum Gasteiger partial charge on any atom is -0.496 e. The first-order valence-electron chi connectivity index (χ1n) is 6.32. The van der Waals surface area contributed by atoms with Gasteiger partial charge in [0.05, 0.1) is 7.11 Å². The zero-order valence-corrected chi connectivity index (χ0v) is 12.8. The highest BCUT2D eigenvalue weighted by Crippen LogP contribution is 2.25. The van der Waals surface area contributed by atoms with Crippen LogP contribution in [0.15, 0.2) is 53.0 Å². The summed E-state index contributed by atoms with van der Waals surface area (Å²) in [5.41, 5.74) is 2.43. The Bertz CT molecular complexity index is 542. The SMILES string of the molecule is COc1ccccc1C(C)NCc1ccccc1Br. The summed E-state index contributed by atoms with van der Waals surface area (Å²) in [6.45, 7) is 2.97. The molecular formula is C16H18BrNO. The Hall–Kier alpha value is -1.32. The third kappa shape index (κ3) is 3.58. The molecule has 2 nitrogen and oxygen atoms in total. The van der Waals surface area contributed by atoms with Crippen LogP contribution in [0.2, 0.25) is 0 Å². The van der Waals surface area contributed by atoms with Gasteiger partial charge in [-0.25, -0.2) is 0 Å². The smallest absolute Gasteiger partial charge is 0.123 e. The Morgan fingerprint density at radius 1 is 1.11 bits per heavy atom. The lowest BCUT2D eigenvalue weighted by Crippen LogP contribution is -2.18. The molecule has 0 amide bonds. The summed E-state index contributed by atoms with van der Waals surface area (Å²) in [5.74, 6) is 0.926. The minimum absolute atomic E-state index is 0.239. The first-order valence-corrected chi connectivity index (χ1v) is 7.11. The van der Waals surface area contributed by atoms with Crippen LogP contribution < -0.4 is 10.1 Å². The summed E-state index contributed by atoms with van der Waals surface area (Å²) < 4.78 is 6.53. The van der Waals surface area contributed by atoms with E-state index in [1.54, 1.807) is 7.11 Å². The highest BCUT2D eigenvalue weighted by molar-refractivity contribution is 9.10. The van der Waals surface area contributed by atoms with E-state index in [-0.39, 0.29) is 6.04 Å². The van der Waals surface area contributed by atoms with Gasteiger partial charge in [-0.1, -0.05) is 52.3 Å². The molecule has 0 bridgehead atoms. The summed E-state index contributed by atoms with van der Waals surface area (Å²) in [5, 5.41) is 3.52. The zero-order valence-electron chi connectivity index (χ0n) is 11.2. The number of hydrogen-bond donors (Lipinski definition) is 1. The number of rotatable bonds is 5. The van der Waals surface area contributed by atoms with Crippen molar-refractivity contribution in [2.24, 2.45) is 0 Å². The molecule has 100 valence electrons. The van der Waals surface area contributed by atoms with E-state index in [1.165, 1.54) is 11.1 Å². The molecule has 1 unspecified atom stereocenters. The number of para-hydroxylation sites is 1. The number of halogens is 1. The molecule has 0 saturated carbocycles. The molecule has 0 aliphatic rings. The molecule has 0 aromatic heterocycles. The van der Waals surface area contributed by atoms with Gasteiger partial charge in [0, 0.05) is 22.6 Å². The average molecular weight is 320 g/mol. The molecule has 0 saturated heterocycles. The van der Waals surface area contributed by atoms with Crippen LogP contribution in [0.3, 0.4) is 0 Å². The summed E-state index contributed by atoms with van der Waals surface area (Å²) >= 11 is 3.57. The van der Waals surface area contributed by atoms with Crippen LogP contribution in [-0.4, -0.2) is 7.11 Å². The maximum Gasteiger partial charge on any atom is 0.123 e. The second kappa shape index (κ2) is 6.73. The van der Waals surface area contributed by atoms with Crippen LogP contribution in [0.4, 0.5) is 0 Å².